The molecule has 1 aromatic heterocycles. The normalized spacial score (nSPS) is 25.7. The van der Waals surface area contributed by atoms with E-state index in [1.165, 1.54) is 24.8 Å². The molecule has 1 aliphatic carbocycles. The Morgan fingerprint density at radius 3 is 2.72 bits per heavy atom. The van der Waals surface area contributed by atoms with E-state index in [1.54, 1.807) is 0 Å². The van der Waals surface area contributed by atoms with Crippen LogP contribution in [0.5, 0.6) is 5.88 Å². The summed E-state index contributed by atoms with van der Waals surface area (Å²) < 4.78 is 6.00. The van der Waals surface area contributed by atoms with E-state index < -0.39 is 0 Å². The average Bonchev–Trinajstić information content (AvgIpc) is 2.41. The van der Waals surface area contributed by atoms with E-state index in [9.17, 15) is 0 Å². The molecule has 1 fully saturated rings. The molecule has 0 radical (unpaired) electrons. The standard InChI is InChI=1S/C15H24N2O/c1-11-6-4-5-7-14(11)18-15-9-8-13(10-17-15)12(2)16-3/h8-12,14,16H,4-7H2,1-3H3. The van der Waals surface area contributed by atoms with Crippen molar-refractivity contribution in [3.05, 3.63) is 23.9 Å². The molecule has 1 aliphatic rings. The number of hydrogen-bond donors (Lipinski definition) is 1. The van der Waals surface area contributed by atoms with E-state index in [1.807, 2.05) is 19.3 Å². The number of rotatable bonds is 4. The van der Waals surface area contributed by atoms with Crippen molar-refractivity contribution in [1.82, 2.24) is 10.3 Å². The summed E-state index contributed by atoms with van der Waals surface area (Å²) in [6, 6.07) is 4.42. The third-order valence-electron chi connectivity index (χ3n) is 4.00. The van der Waals surface area contributed by atoms with Gasteiger partial charge in [0.25, 0.3) is 0 Å². The van der Waals surface area contributed by atoms with Crippen LogP contribution in [0, 0.1) is 5.92 Å². The van der Waals surface area contributed by atoms with Crippen molar-refractivity contribution in [3.63, 3.8) is 0 Å². The molecule has 0 amide bonds. The van der Waals surface area contributed by atoms with Crippen LogP contribution in [0.2, 0.25) is 0 Å². The van der Waals surface area contributed by atoms with Crippen molar-refractivity contribution in [2.24, 2.45) is 5.92 Å². The summed E-state index contributed by atoms with van der Waals surface area (Å²) in [7, 11) is 1.96. The van der Waals surface area contributed by atoms with Crippen LogP contribution in [0.25, 0.3) is 0 Å². The van der Waals surface area contributed by atoms with Crippen LogP contribution >= 0.6 is 0 Å². The van der Waals surface area contributed by atoms with Gasteiger partial charge >= 0.3 is 0 Å². The summed E-state index contributed by atoms with van der Waals surface area (Å²) in [5.41, 5.74) is 1.20. The second-order valence-electron chi connectivity index (χ2n) is 5.36. The minimum Gasteiger partial charge on any atom is -0.474 e. The van der Waals surface area contributed by atoms with E-state index in [-0.39, 0.29) is 0 Å². The molecule has 0 aromatic carbocycles. The van der Waals surface area contributed by atoms with E-state index >= 15 is 0 Å². The fourth-order valence-electron chi connectivity index (χ4n) is 2.50. The molecule has 0 spiro atoms. The largest absolute Gasteiger partial charge is 0.474 e. The fourth-order valence-corrected chi connectivity index (χ4v) is 2.50. The first-order chi connectivity index (χ1) is 8.70. The molecule has 1 N–H and O–H groups in total. The molecular weight excluding hydrogens is 224 g/mol. The second-order valence-corrected chi connectivity index (χ2v) is 5.36. The molecule has 0 bridgehead atoms. The molecule has 1 aromatic rings. The highest BCUT2D eigenvalue weighted by Crippen LogP contribution is 2.27. The van der Waals surface area contributed by atoms with Crippen LogP contribution < -0.4 is 10.1 Å². The quantitative estimate of drug-likeness (QED) is 0.887. The number of hydrogen-bond acceptors (Lipinski definition) is 3. The maximum atomic E-state index is 6.00. The van der Waals surface area contributed by atoms with Gasteiger partial charge in [-0.1, -0.05) is 19.4 Å². The van der Waals surface area contributed by atoms with E-state index in [0.717, 1.165) is 12.3 Å². The molecule has 3 heteroatoms. The zero-order valence-electron chi connectivity index (χ0n) is 11.6. The van der Waals surface area contributed by atoms with Crippen molar-refractivity contribution >= 4 is 0 Å². The number of nitrogens with zero attached hydrogens (tertiary/aromatic N) is 1. The lowest BCUT2D eigenvalue weighted by Gasteiger charge is -2.28. The average molecular weight is 248 g/mol. The van der Waals surface area contributed by atoms with Gasteiger partial charge in [0.15, 0.2) is 0 Å². The highest BCUT2D eigenvalue weighted by molar-refractivity contribution is 5.20. The topological polar surface area (TPSA) is 34.1 Å². The van der Waals surface area contributed by atoms with Gasteiger partial charge in [-0.3, -0.25) is 0 Å². The summed E-state index contributed by atoms with van der Waals surface area (Å²) in [5.74, 6) is 1.41. The van der Waals surface area contributed by atoms with Gasteiger partial charge in [0.1, 0.15) is 6.10 Å². The Morgan fingerprint density at radius 2 is 2.11 bits per heavy atom. The second kappa shape index (κ2) is 6.19. The zero-order valence-corrected chi connectivity index (χ0v) is 11.6. The molecular formula is C15H24N2O. The molecule has 1 saturated carbocycles. The minimum absolute atomic E-state index is 0.333. The minimum atomic E-state index is 0.333. The Labute approximate surface area is 110 Å². The molecule has 2 rings (SSSR count). The van der Waals surface area contributed by atoms with Gasteiger partial charge in [-0.2, -0.15) is 0 Å². The predicted molar refractivity (Wildman–Crippen MR) is 73.8 cm³/mol. The first kappa shape index (κ1) is 13.3. The van der Waals surface area contributed by atoms with Crippen LogP contribution in [-0.2, 0) is 0 Å². The maximum absolute atomic E-state index is 6.00. The zero-order chi connectivity index (χ0) is 13.0. The fraction of sp³-hybridized carbons (Fsp3) is 0.667. The van der Waals surface area contributed by atoms with E-state index in [2.05, 4.69) is 30.2 Å². The number of ether oxygens (including phenoxy) is 1. The lowest BCUT2D eigenvalue weighted by atomic mass is 9.88. The SMILES string of the molecule is CNC(C)c1ccc(OC2CCCCC2C)nc1. The highest BCUT2D eigenvalue weighted by atomic mass is 16.5. The third kappa shape index (κ3) is 3.22. The molecule has 100 valence electrons. The predicted octanol–water partition coefficient (Wildman–Crippen LogP) is 3.32. The van der Waals surface area contributed by atoms with Gasteiger partial charge in [-0.25, -0.2) is 4.98 Å². The monoisotopic (exact) mass is 248 g/mol. The first-order valence-corrected chi connectivity index (χ1v) is 7.00. The lowest BCUT2D eigenvalue weighted by Crippen LogP contribution is -2.28. The van der Waals surface area contributed by atoms with Crippen molar-refractivity contribution in [3.8, 4) is 5.88 Å². The number of pyridine rings is 1. The van der Waals surface area contributed by atoms with Crippen LogP contribution in [0.3, 0.4) is 0 Å². The van der Waals surface area contributed by atoms with Gasteiger partial charge in [0, 0.05) is 18.3 Å². The van der Waals surface area contributed by atoms with Crippen LogP contribution in [0.4, 0.5) is 0 Å². The lowest BCUT2D eigenvalue weighted by molar-refractivity contribution is 0.0975. The van der Waals surface area contributed by atoms with Crippen molar-refractivity contribution < 1.29 is 4.74 Å². The van der Waals surface area contributed by atoms with Gasteiger partial charge in [0.2, 0.25) is 5.88 Å². The summed E-state index contributed by atoms with van der Waals surface area (Å²) >= 11 is 0. The van der Waals surface area contributed by atoms with Crippen LogP contribution in [-0.4, -0.2) is 18.1 Å². The van der Waals surface area contributed by atoms with Gasteiger partial charge in [-0.05, 0) is 44.7 Å². The Hall–Kier alpha value is -1.09. The Morgan fingerprint density at radius 1 is 1.33 bits per heavy atom. The van der Waals surface area contributed by atoms with Gasteiger partial charge < -0.3 is 10.1 Å². The van der Waals surface area contributed by atoms with E-state index in [4.69, 9.17) is 4.74 Å². The first-order valence-electron chi connectivity index (χ1n) is 7.00. The third-order valence-corrected chi connectivity index (χ3v) is 4.00. The molecule has 0 aliphatic heterocycles. The van der Waals surface area contributed by atoms with E-state index in [0.29, 0.717) is 18.1 Å². The smallest absolute Gasteiger partial charge is 0.213 e. The molecule has 18 heavy (non-hydrogen) atoms. The summed E-state index contributed by atoms with van der Waals surface area (Å²) in [4.78, 5) is 4.41. The molecule has 3 nitrogen and oxygen atoms in total. The van der Waals surface area contributed by atoms with Crippen LogP contribution in [0.1, 0.15) is 51.1 Å². The van der Waals surface area contributed by atoms with Gasteiger partial charge in [-0.15, -0.1) is 0 Å². The molecule has 3 atom stereocenters. The maximum Gasteiger partial charge on any atom is 0.213 e. The molecule has 0 saturated heterocycles. The Kier molecular flexibility index (Phi) is 4.59. The van der Waals surface area contributed by atoms with Crippen LogP contribution in [0.15, 0.2) is 18.3 Å². The number of aromatic nitrogens is 1. The molecule has 1 heterocycles. The molecule has 3 unspecified atom stereocenters. The van der Waals surface area contributed by atoms with Crippen molar-refractivity contribution in [1.29, 1.82) is 0 Å². The Balaban J connectivity index is 1.97. The summed E-state index contributed by atoms with van der Waals surface area (Å²) in [6.45, 7) is 4.40. The van der Waals surface area contributed by atoms with Gasteiger partial charge in [0.05, 0.1) is 0 Å². The highest BCUT2D eigenvalue weighted by Gasteiger charge is 2.23. The summed E-state index contributed by atoms with van der Waals surface area (Å²) in [5, 5.41) is 3.21. The summed E-state index contributed by atoms with van der Waals surface area (Å²) in [6.07, 6.45) is 7.32. The Bertz CT molecular complexity index is 363. The van der Waals surface area contributed by atoms with Crippen molar-refractivity contribution in [2.45, 2.75) is 51.7 Å². The number of nitrogens with one attached hydrogen (secondary N) is 1. The van der Waals surface area contributed by atoms with Crippen molar-refractivity contribution in [2.75, 3.05) is 7.05 Å².